The monoisotopic (exact) mass is 309 g/mol. The maximum Gasteiger partial charge on any atom is 0.273 e. The van der Waals surface area contributed by atoms with Crippen LogP contribution in [0.15, 0.2) is 47.2 Å². The number of hydrazone groups is 1. The van der Waals surface area contributed by atoms with E-state index in [1.165, 1.54) is 6.33 Å². The summed E-state index contributed by atoms with van der Waals surface area (Å²) in [6.45, 7) is 0. The van der Waals surface area contributed by atoms with Gasteiger partial charge in [0.15, 0.2) is 0 Å². The Morgan fingerprint density at radius 1 is 1.22 bits per heavy atom. The molecule has 1 aromatic rings. The van der Waals surface area contributed by atoms with Gasteiger partial charge >= 0.3 is 0 Å². The number of amides is 1. The summed E-state index contributed by atoms with van der Waals surface area (Å²) < 4.78 is 0. The van der Waals surface area contributed by atoms with Crippen molar-refractivity contribution in [3.8, 4) is 0 Å². The standard InChI is InChI=1S/C16H15N5O2/c22-14-3-1-2-13-11(14)4-10(19-13)5-12-15(20-21-16(12)23)9-6-17-8-18-7-9/h4-8,11,13,19H,1-3H2,(H,21,23)/b12-5+. The van der Waals surface area contributed by atoms with E-state index in [1.807, 2.05) is 6.08 Å². The summed E-state index contributed by atoms with van der Waals surface area (Å²) in [5.41, 5.74) is 4.90. The van der Waals surface area contributed by atoms with Gasteiger partial charge in [0.2, 0.25) is 0 Å². The van der Waals surface area contributed by atoms with Crippen molar-refractivity contribution in [1.29, 1.82) is 0 Å². The van der Waals surface area contributed by atoms with Crippen molar-refractivity contribution in [2.24, 2.45) is 11.0 Å². The van der Waals surface area contributed by atoms with Gasteiger partial charge in [-0.2, -0.15) is 5.10 Å². The second-order valence-electron chi connectivity index (χ2n) is 5.84. The first-order valence-electron chi connectivity index (χ1n) is 7.59. The predicted octanol–water partition coefficient (Wildman–Crippen LogP) is 0.462. The Bertz CT molecular complexity index is 766. The quantitative estimate of drug-likeness (QED) is 0.774. The molecule has 0 saturated heterocycles. The van der Waals surface area contributed by atoms with Crippen LogP contribution in [0.1, 0.15) is 24.8 Å². The van der Waals surface area contributed by atoms with Crippen molar-refractivity contribution in [2.75, 3.05) is 0 Å². The van der Waals surface area contributed by atoms with E-state index in [-0.39, 0.29) is 23.7 Å². The number of hydrogen-bond donors (Lipinski definition) is 2. The topological polar surface area (TPSA) is 96.3 Å². The molecule has 0 spiro atoms. The first kappa shape index (κ1) is 13.8. The van der Waals surface area contributed by atoms with Crippen LogP contribution in [0, 0.1) is 5.92 Å². The second kappa shape index (κ2) is 5.42. The van der Waals surface area contributed by atoms with Crippen molar-refractivity contribution in [1.82, 2.24) is 20.7 Å². The SMILES string of the molecule is O=C1NN=C(c2cncnc2)/C1=C\C1=CC2C(=O)CCCC2N1. The molecule has 3 heterocycles. The van der Waals surface area contributed by atoms with E-state index < -0.39 is 0 Å². The van der Waals surface area contributed by atoms with Gasteiger partial charge in [-0.15, -0.1) is 0 Å². The third-order valence-electron chi connectivity index (χ3n) is 4.36. The van der Waals surface area contributed by atoms with Gasteiger partial charge in [-0.3, -0.25) is 9.59 Å². The zero-order valence-corrected chi connectivity index (χ0v) is 12.3. The number of carbonyl (C=O) groups excluding carboxylic acids is 2. The Morgan fingerprint density at radius 2 is 2.04 bits per heavy atom. The lowest BCUT2D eigenvalue weighted by molar-refractivity contribution is -0.123. The van der Waals surface area contributed by atoms with E-state index >= 15 is 0 Å². The van der Waals surface area contributed by atoms with Crippen molar-refractivity contribution in [2.45, 2.75) is 25.3 Å². The summed E-state index contributed by atoms with van der Waals surface area (Å²) in [6, 6.07) is 0.146. The fraction of sp³-hybridized carbons (Fsp3) is 0.312. The Hall–Kier alpha value is -2.83. The summed E-state index contributed by atoms with van der Waals surface area (Å²) in [6.07, 6.45) is 10.8. The van der Waals surface area contributed by atoms with Gasteiger partial charge in [-0.25, -0.2) is 15.4 Å². The average molecular weight is 309 g/mol. The molecule has 116 valence electrons. The molecule has 7 heteroatoms. The minimum Gasteiger partial charge on any atom is -0.381 e. The smallest absolute Gasteiger partial charge is 0.273 e. The fourth-order valence-corrected chi connectivity index (χ4v) is 3.25. The van der Waals surface area contributed by atoms with Crippen LogP contribution in [0.4, 0.5) is 0 Å². The first-order chi connectivity index (χ1) is 11.2. The number of nitrogens with one attached hydrogen (secondary N) is 2. The van der Waals surface area contributed by atoms with Gasteiger partial charge in [-0.1, -0.05) is 0 Å². The van der Waals surface area contributed by atoms with Crippen molar-refractivity contribution < 1.29 is 9.59 Å². The van der Waals surface area contributed by atoms with Crippen LogP contribution in [0.5, 0.6) is 0 Å². The molecule has 1 saturated carbocycles. The van der Waals surface area contributed by atoms with E-state index in [9.17, 15) is 9.59 Å². The number of hydrogen-bond acceptors (Lipinski definition) is 6. The molecule has 1 aromatic heterocycles. The molecule has 23 heavy (non-hydrogen) atoms. The highest BCUT2D eigenvalue weighted by atomic mass is 16.2. The third kappa shape index (κ3) is 2.44. The van der Waals surface area contributed by atoms with Crippen LogP contribution in [-0.2, 0) is 9.59 Å². The predicted molar refractivity (Wildman–Crippen MR) is 82.1 cm³/mol. The molecule has 2 unspecified atom stereocenters. The average Bonchev–Trinajstić information content (AvgIpc) is 3.14. The highest BCUT2D eigenvalue weighted by Gasteiger charge is 2.35. The van der Waals surface area contributed by atoms with Gasteiger partial charge in [0.1, 0.15) is 17.8 Å². The van der Waals surface area contributed by atoms with Gasteiger partial charge in [-0.05, 0) is 25.0 Å². The molecule has 1 amide bonds. The first-order valence-corrected chi connectivity index (χ1v) is 7.59. The number of nitrogens with zero attached hydrogens (tertiary/aromatic N) is 3. The normalized spacial score (nSPS) is 28.1. The van der Waals surface area contributed by atoms with Crippen molar-refractivity contribution in [3.05, 3.63) is 47.7 Å². The Labute approximate surface area is 132 Å². The molecule has 1 fully saturated rings. The molecular weight excluding hydrogens is 294 g/mol. The van der Waals surface area contributed by atoms with E-state index in [2.05, 4.69) is 25.8 Å². The number of aromatic nitrogens is 2. The number of ketones is 1. The molecule has 2 aliphatic heterocycles. The molecule has 0 radical (unpaired) electrons. The number of Topliss-reactive ketones (excluding diaryl/α,β-unsaturated/α-hetero) is 1. The highest BCUT2D eigenvalue weighted by molar-refractivity contribution is 6.30. The molecule has 4 rings (SSSR count). The Balaban J connectivity index is 1.65. The molecule has 2 atom stereocenters. The number of allylic oxidation sites excluding steroid dienone is 1. The van der Waals surface area contributed by atoms with Gasteiger partial charge in [0.25, 0.3) is 5.91 Å². The van der Waals surface area contributed by atoms with Crippen LogP contribution in [0.25, 0.3) is 0 Å². The maximum atomic E-state index is 12.1. The molecule has 0 aromatic carbocycles. The van der Waals surface area contributed by atoms with Gasteiger partial charge < -0.3 is 5.32 Å². The van der Waals surface area contributed by atoms with Gasteiger partial charge in [0, 0.05) is 36.1 Å². The summed E-state index contributed by atoms with van der Waals surface area (Å²) in [5, 5.41) is 7.40. The van der Waals surface area contributed by atoms with Crippen LogP contribution >= 0.6 is 0 Å². The van der Waals surface area contributed by atoms with Crippen LogP contribution in [0.2, 0.25) is 0 Å². The Morgan fingerprint density at radius 3 is 2.83 bits per heavy atom. The summed E-state index contributed by atoms with van der Waals surface area (Å²) in [4.78, 5) is 32.0. The van der Waals surface area contributed by atoms with E-state index in [4.69, 9.17) is 0 Å². The van der Waals surface area contributed by atoms with Crippen LogP contribution in [-0.4, -0.2) is 33.4 Å². The summed E-state index contributed by atoms with van der Waals surface area (Å²) >= 11 is 0. The number of fused-ring (bicyclic) bond motifs is 1. The summed E-state index contributed by atoms with van der Waals surface area (Å²) in [5.74, 6) is -0.0864. The molecule has 1 aliphatic carbocycles. The van der Waals surface area contributed by atoms with Crippen LogP contribution in [0.3, 0.4) is 0 Å². The number of carbonyl (C=O) groups is 2. The lowest BCUT2D eigenvalue weighted by Gasteiger charge is -2.23. The minimum absolute atomic E-state index is 0.0829. The zero-order chi connectivity index (χ0) is 15.8. The fourth-order valence-electron chi connectivity index (χ4n) is 3.25. The van der Waals surface area contributed by atoms with Crippen molar-refractivity contribution in [3.63, 3.8) is 0 Å². The largest absolute Gasteiger partial charge is 0.381 e. The van der Waals surface area contributed by atoms with E-state index in [1.54, 1.807) is 18.5 Å². The van der Waals surface area contributed by atoms with E-state index in [0.29, 0.717) is 23.3 Å². The lowest BCUT2D eigenvalue weighted by Crippen LogP contribution is -2.36. The highest BCUT2D eigenvalue weighted by Crippen LogP contribution is 2.29. The zero-order valence-electron chi connectivity index (χ0n) is 12.3. The van der Waals surface area contributed by atoms with Crippen molar-refractivity contribution >= 4 is 17.4 Å². The molecule has 3 aliphatic rings. The number of rotatable bonds is 2. The molecule has 2 N–H and O–H groups in total. The third-order valence-corrected chi connectivity index (χ3v) is 4.36. The summed E-state index contributed by atoms with van der Waals surface area (Å²) in [7, 11) is 0. The molecule has 7 nitrogen and oxygen atoms in total. The lowest BCUT2D eigenvalue weighted by atomic mass is 9.85. The molecular formula is C16H15N5O2. The second-order valence-corrected chi connectivity index (χ2v) is 5.84. The molecule has 0 bridgehead atoms. The Kier molecular flexibility index (Phi) is 3.25. The van der Waals surface area contributed by atoms with Crippen LogP contribution < -0.4 is 10.7 Å². The van der Waals surface area contributed by atoms with Gasteiger partial charge in [0.05, 0.1) is 11.5 Å². The maximum absolute atomic E-state index is 12.1. The minimum atomic E-state index is -0.271. The van der Waals surface area contributed by atoms with E-state index in [0.717, 1.165) is 18.5 Å².